The summed E-state index contributed by atoms with van der Waals surface area (Å²) in [6.45, 7) is 6.54. The number of methoxy groups -OCH3 is 1. The molecule has 2 amide bonds. The van der Waals surface area contributed by atoms with E-state index in [1.54, 1.807) is 7.11 Å². The predicted octanol–water partition coefficient (Wildman–Crippen LogP) is 2.13. The summed E-state index contributed by atoms with van der Waals surface area (Å²) in [6.07, 6.45) is 0.715. The molecule has 0 saturated carbocycles. The fourth-order valence-electron chi connectivity index (χ4n) is 1.98. The van der Waals surface area contributed by atoms with Gasteiger partial charge in [0.1, 0.15) is 0 Å². The van der Waals surface area contributed by atoms with Crippen LogP contribution in [0, 0.1) is 13.8 Å². The molecular formula is C16H24N2O3. The Labute approximate surface area is 126 Å². The molecule has 0 saturated heterocycles. The molecular weight excluding hydrogens is 268 g/mol. The van der Waals surface area contributed by atoms with Gasteiger partial charge in [-0.1, -0.05) is 12.1 Å². The first-order valence-electron chi connectivity index (χ1n) is 7.05. The second-order valence-electron chi connectivity index (χ2n) is 5.15. The summed E-state index contributed by atoms with van der Waals surface area (Å²) in [5.41, 5.74) is 2.88. The number of carbonyl (C=O) groups is 2. The molecule has 0 heterocycles. The van der Waals surface area contributed by atoms with E-state index in [4.69, 9.17) is 4.74 Å². The van der Waals surface area contributed by atoms with Crippen LogP contribution in [0.15, 0.2) is 18.2 Å². The Hall–Kier alpha value is -1.88. The number of amides is 2. The van der Waals surface area contributed by atoms with Crippen molar-refractivity contribution in [2.45, 2.75) is 27.2 Å². The number of carbonyl (C=O) groups excluding carboxylic acids is 2. The minimum atomic E-state index is -0.184. The van der Waals surface area contributed by atoms with Crippen molar-refractivity contribution in [1.82, 2.24) is 4.90 Å². The van der Waals surface area contributed by atoms with Crippen LogP contribution in [-0.2, 0) is 14.3 Å². The molecule has 0 atom stereocenters. The fraction of sp³-hybridized carbons (Fsp3) is 0.500. The van der Waals surface area contributed by atoms with Gasteiger partial charge in [-0.25, -0.2) is 0 Å². The molecule has 5 heteroatoms. The zero-order valence-electron chi connectivity index (χ0n) is 13.2. The van der Waals surface area contributed by atoms with E-state index in [1.165, 1.54) is 11.8 Å². The highest BCUT2D eigenvalue weighted by molar-refractivity contribution is 5.94. The molecule has 0 unspecified atom stereocenters. The van der Waals surface area contributed by atoms with E-state index < -0.39 is 0 Å². The average Bonchev–Trinajstić information content (AvgIpc) is 2.42. The topological polar surface area (TPSA) is 58.6 Å². The normalized spacial score (nSPS) is 10.3. The number of anilines is 1. The maximum atomic E-state index is 12.1. The lowest BCUT2D eigenvalue weighted by molar-refractivity contribution is -0.132. The van der Waals surface area contributed by atoms with Crippen LogP contribution in [0.4, 0.5) is 5.69 Å². The molecule has 1 aromatic rings. The molecule has 0 aliphatic heterocycles. The Morgan fingerprint density at radius 1 is 1.29 bits per heavy atom. The predicted molar refractivity (Wildman–Crippen MR) is 83.3 cm³/mol. The van der Waals surface area contributed by atoms with Gasteiger partial charge >= 0.3 is 0 Å². The SMILES string of the molecule is COCCCN(CC(=O)Nc1cc(C)ccc1C)C(C)=O. The summed E-state index contributed by atoms with van der Waals surface area (Å²) >= 11 is 0. The van der Waals surface area contributed by atoms with Gasteiger partial charge in [-0.2, -0.15) is 0 Å². The zero-order valence-corrected chi connectivity index (χ0v) is 13.2. The van der Waals surface area contributed by atoms with Crippen LogP contribution in [0.3, 0.4) is 0 Å². The number of ether oxygens (including phenoxy) is 1. The van der Waals surface area contributed by atoms with Crippen molar-refractivity contribution < 1.29 is 14.3 Å². The van der Waals surface area contributed by atoms with Crippen LogP contribution in [0.1, 0.15) is 24.5 Å². The maximum Gasteiger partial charge on any atom is 0.244 e. The molecule has 1 N–H and O–H groups in total. The Balaban J connectivity index is 2.61. The molecule has 0 bridgehead atoms. The summed E-state index contributed by atoms with van der Waals surface area (Å²) < 4.78 is 4.96. The first kappa shape index (κ1) is 17.2. The van der Waals surface area contributed by atoms with Crippen LogP contribution in [0.5, 0.6) is 0 Å². The molecule has 21 heavy (non-hydrogen) atoms. The largest absolute Gasteiger partial charge is 0.385 e. The summed E-state index contributed by atoms with van der Waals surface area (Å²) in [4.78, 5) is 25.2. The van der Waals surface area contributed by atoms with Gasteiger partial charge in [0, 0.05) is 32.9 Å². The quantitative estimate of drug-likeness (QED) is 0.783. The molecule has 0 fully saturated rings. The molecule has 1 aromatic carbocycles. The Morgan fingerprint density at radius 2 is 2.00 bits per heavy atom. The van der Waals surface area contributed by atoms with Gasteiger partial charge in [-0.05, 0) is 37.5 Å². The van der Waals surface area contributed by atoms with Gasteiger partial charge in [-0.15, -0.1) is 0 Å². The van der Waals surface area contributed by atoms with Crippen molar-refractivity contribution in [3.8, 4) is 0 Å². The van der Waals surface area contributed by atoms with Gasteiger partial charge in [0.25, 0.3) is 0 Å². The van der Waals surface area contributed by atoms with E-state index in [0.29, 0.717) is 19.6 Å². The molecule has 0 aliphatic rings. The number of aryl methyl sites for hydroxylation is 2. The van der Waals surface area contributed by atoms with Crippen molar-refractivity contribution in [3.05, 3.63) is 29.3 Å². The van der Waals surface area contributed by atoms with E-state index >= 15 is 0 Å². The lowest BCUT2D eigenvalue weighted by Gasteiger charge is -2.20. The highest BCUT2D eigenvalue weighted by Crippen LogP contribution is 2.16. The van der Waals surface area contributed by atoms with Crippen molar-refractivity contribution in [3.63, 3.8) is 0 Å². The van der Waals surface area contributed by atoms with Crippen LogP contribution < -0.4 is 5.32 Å². The highest BCUT2D eigenvalue weighted by atomic mass is 16.5. The third kappa shape index (κ3) is 5.95. The molecule has 0 aromatic heterocycles. The van der Waals surface area contributed by atoms with Crippen molar-refractivity contribution >= 4 is 17.5 Å². The molecule has 5 nitrogen and oxygen atoms in total. The van der Waals surface area contributed by atoms with Gasteiger partial charge in [0.15, 0.2) is 0 Å². The van der Waals surface area contributed by atoms with Crippen LogP contribution in [0.25, 0.3) is 0 Å². The third-order valence-corrected chi connectivity index (χ3v) is 3.22. The summed E-state index contributed by atoms with van der Waals surface area (Å²) in [5.74, 6) is -0.293. The Kier molecular flexibility index (Phi) is 6.88. The van der Waals surface area contributed by atoms with Crippen LogP contribution in [0.2, 0.25) is 0 Å². The second-order valence-corrected chi connectivity index (χ2v) is 5.15. The number of nitrogens with one attached hydrogen (secondary N) is 1. The van der Waals surface area contributed by atoms with E-state index in [0.717, 1.165) is 16.8 Å². The van der Waals surface area contributed by atoms with Crippen LogP contribution in [-0.4, -0.2) is 43.5 Å². The smallest absolute Gasteiger partial charge is 0.244 e. The highest BCUT2D eigenvalue weighted by Gasteiger charge is 2.14. The van der Waals surface area contributed by atoms with Gasteiger partial charge in [0.2, 0.25) is 11.8 Å². The summed E-state index contributed by atoms with van der Waals surface area (Å²) in [5, 5.41) is 2.86. The fourth-order valence-corrected chi connectivity index (χ4v) is 1.98. The first-order valence-corrected chi connectivity index (χ1v) is 7.05. The minimum Gasteiger partial charge on any atom is -0.385 e. The van der Waals surface area contributed by atoms with Crippen molar-refractivity contribution in [2.75, 3.05) is 32.1 Å². The number of nitrogens with zero attached hydrogens (tertiary/aromatic N) is 1. The average molecular weight is 292 g/mol. The summed E-state index contributed by atoms with van der Waals surface area (Å²) in [6, 6.07) is 5.89. The second kappa shape index (κ2) is 8.42. The molecule has 0 spiro atoms. The van der Waals surface area contributed by atoms with E-state index in [1.807, 2.05) is 32.0 Å². The van der Waals surface area contributed by atoms with Crippen molar-refractivity contribution in [2.24, 2.45) is 0 Å². The maximum absolute atomic E-state index is 12.1. The van der Waals surface area contributed by atoms with E-state index in [9.17, 15) is 9.59 Å². The Morgan fingerprint density at radius 3 is 2.62 bits per heavy atom. The van der Waals surface area contributed by atoms with Crippen molar-refractivity contribution in [1.29, 1.82) is 0 Å². The lowest BCUT2D eigenvalue weighted by Crippen LogP contribution is -2.37. The first-order chi connectivity index (χ1) is 9.93. The lowest BCUT2D eigenvalue weighted by atomic mass is 10.1. The Bertz CT molecular complexity index is 500. The third-order valence-electron chi connectivity index (χ3n) is 3.22. The van der Waals surface area contributed by atoms with Gasteiger partial charge in [0.05, 0.1) is 6.54 Å². The summed E-state index contributed by atoms with van der Waals surface area (Å²) in [7, 11) is 1.62. The van der Waals surface area contributed by atoms with Gasteiger partial charge in [-0.3, -0.25) is 9.59 Å². The molecule has 1 rings (SSSR count). The van der Waals surface area contributed by atoms with Crippen LogP contribution >= 0.6 is 0 Å². The number of hydrogen-bond donors (Lipinski definition) is 1. The van der Waals surface area contributed by atoms with E-state index in [2.05, 4.69) is 5.32 Å². The number of benzene rings is 1. The molecule has 0 radical (unpaired) electrons. The number of hydrogen-bond acceptors (Lipinski definition) is 3. The number of rotatable bonds is 7. The van der Waals surface area contributed by atoms with E-state index in [-0.39, 0.29) is 18.4 Å². The minimum absolute atomic E-state index is 0.0619. The molecule has 116 valence electrons. The monoisotopic (exact) mass is 292 g/mol. The molecule has 0 aliphatic carbocycles. The van der Waals surface area contributed by atoms with Gasteiger partial charge < -0.3 is 15.0 Å². The standard InChI is InChI=1S/C16H24N2O3/c1-12-6-7-13(2)15(10-12)17-16(20)11-18(14(3)19)8-5-9-21-4/h6-7,10H,5,8-9,11H2,1-4H3,(H,17,20). The zero-order chi connectivity index (χ0) is 15.8.